The van der Waals surface area contributed by atoms with E-state index >= 15 is 0 Å². The van der Waals surface area contributed by atoms with Gasteiger partial charge in [0.2, 0.25) is 0 Å². The van der Waals surface area contributed by atoms with Crippen LogP contribution in [0.5, 0.6) is 0 Å². The second-order valence-electron chi connectivity index (χ2n) is 2.86. The third-order valence-corrected chi connectivity index (χ3v) is 1.93. The maximum Gasteiger partial charge on any atom is 0.411 e. The summed E-state index contributed by atoms with van der Waals surface area (Å²) in [6.45, 7) is 0. The molecule has 1 saturated heterocycles. The Morgan fingerprint density at radius 3 is 2.36 bits per heavy atom. The number of alkyl halides is 3. The second-order valence-corrected chi connectivity index (χ2v) is 2.86. The van der Waals surface area contributed by atoms with Crippen LogP contribution in [0.15, 0.2) is 0 Å². The number of carboxylic acid groups (broad SMARTS) is 1. The van der Waals surface area contributed by atoms with Gasteiger partial charge in [0.1, 0.15) is 0 Å². The molecule has 14 heavy (non-hydrogen) atoms. The molecule has 0 aromatic rings. The molecule has 2 unspecified atom stereocenters. The fourth-order valence-electron chi connectivity index (χ4n) is 1.27. The Labute approximate surface area is 76.5 Å². The van der Waals surface area contributed by atoms with Gasteiger partial charge < -0.3 is 15.3 Å². The lowest BCUT2D eigenvalue weighted by atomic mass is 10.1. The number of carbonyl (C=O) groups is 2. The SMILES string of the molecule is CN1C(=O)NC(C(=O)O)C1C(F)(F)F. The number of amides is 2. The normalized spacial score (nSPS) is 27.7. The molecule has 0 spiro atoms. The molecular weight excluding hydrogens is 205 g/mol. The molecule has 0 aliphatic carbocycles. The Hall–Kier alpha value is -1.47. The summed E-state index contributed by atoms with van der Waals surface area (Å²) in [4.78, 5) is 21.5. The molecule has 80 valence electrons. The number of carboxylic acids is 1. The Kier molecular flexibility index (Phi) is 2.30. The number of rotatable bonds is 1. The van der Waals surface area contributed by atoms with Crippen molar-refractivity contribution in [3.8, 4) is 0 Å². The molecule has 0 aromatic heterocycles. The molecule has 8 heteroatoms. The number of aliphatic carboxylic acids is 1. The van der Waals surface area contributed by atoms with Gasteiger partial charge in [0.05, 0.1) is 0 Å². The Morgan fingerprint density at radius 1 is 1.57 bits per heavy atom. The molecule has 0 aromatic carbocycles. The van der Waals surface area contributed by atoms with Crippen LogP contribution >= 0.6 is 0 Å². The molecular formula is C6H7F3N2O3. The minimum Gasteiger partial charge on any atom is -0.480 e. The van der Waals surface area contributed by atoms with E-state index in [1.54, 1.807) is 5.32 Å². The number of carbonyl (C=O) groups excluding carboxylic acids is 1. The average Bonchev–Trinajstić information content (AvgIpc) is 2.27. The molecule has 1 aliphatic heterocycles. The highest BCUT2D eigenvalue weighted by Gasteiger charge is 2.56. The molecule has 2 N–H and O–H groups in total. The summed E-state index contributed by atoms with van der Waals surface area (Å²) in [6, 6.07) is -5.29. The summed E-state index contributed by atoms with van der Waals surface area (Å²) in [5.74, 6) is -1.70. The molecule has 1 aliphatic rings. The molecule has 1 rings (SSSR count). The van der Waals surface area contributed by atoms with Gasteiger partial charge in [-0.1, -0.05) is 0 Å². The van der Waals surface area contributed by atoms with Gasteiger partial charge in [-0.2, -0.15) is 13.2 Å². The first kappa shape index (κ1) is 10.6. The monoisotopic (exact) mass is 212 g/mol. The zero-order chi connectivity index (χ0) is 11.1. The van der Waals surface area contributed by atoms with Gasteiger partial charge in [0, 0.05) is 7.05 Å². The predicted octanol–water partition coefficient (Wildman–Crippen LogP) is 0.0255. The third kappa shape index (κ3) is 1.59. The number of nitrogens with zero attached hydrogens (tertiary/aromatic N) is 1. The van der Waals surface area contributed by atoms with Gasteiger partial charge in [-0.25, -0.2) is 9.59 Å². The lowest BCUT2D eigenvalue weighted by molar-refractivity contribution is -0.180. The van der Waals surface area contributed by atoms with E-state index in [2.05, 4.69) is 0 Å². The number of hydrogen-bond acceptors (Lipinski definition) is 2. The third-order valence-electron chi connectivity index (χ3n) is 1.93. The topological polar surface area (TPSA) is 69.6 Å². The Balaban J connectivity index is 2.99. The fourth-order valence-corrected chi connectivity index (χ4v) is 1.27. The van der Waals surface area contributed by atoms with Crippen LogP contribution in [0.1, 0.15) is 0 Å². The number of hydrogen-bond donors (Lipinski definition) is 2. The zero-order valence-electron chi connectivity index (χ0n) is 7.00. The van der Waals surface area contributed by atoms with E-state index < -0.39 is 30.3 Å². The smallest absolute Gasteiger partial charge is 0.411 e. The van der Waals surface area contributed by atoms with Gasteiger partial charge in [-0.15, -0.1) is 0 Å². The summed E-state index contributed by atoms with van der Waals surface area (Å²) >= 11 is 0. The summed E-state index contributed by atoms with van der Waals surface area (Å²) in [6.07, 6.45) is -4.75. The van der Waals surface area contributed by atoms with E-state index in [0.29, 0.717) is 4.90 Å². The van der Waals surface area contributed by atoms with E-state index in [4.69, 9.17) is 5.11 Å². The van der Waals surface area contributed by atoms with Crippen LogP contribution in [0, 0.1) is 0 Å². The highest BCUT2D eigenvalue weighted by Crippen LogP contribution is 2.29. The van der Waals surface area contributed by atoms with Crippen LogP contribution in [-0.2, 0) is 4.79 Å². The van der Waals surface area contributed by atoms with Gasteiger partial charge in [0.25, 0.3) is 0 Å². The first-order chi connectivity index (χ1) is 6.25. The maximum absolute atomic E-state index is 12.3. The van der Waals surface area contributed by atoms with Crippen molar-refractivity contribution in [2.24, 2.45) is 0 Å². The average molecular weight is 212 g/mol. The largest absolute Gasteiger partial charge is 0.480 e. The van der Waals surface area contributed by atoms with Crippen molar-refractivity contribution in [2.75, 3.05) is 7.05 Å². The first-order valence-corrected chi connectivity index (χ1v) is 3.58. The molecule has 0 bridgehead atoms. The van der Waals surface area contributed by atoms with E-state index in [1.165, 1.54) is 0 Å². The zero-order valence-corrected chi connectivity index (χ0v) is 7.00. The van der Waals surface area contributed by atoms with E-state index in [9.17, 15) is 22.8 Å². The minimum absolute atomic E-state index is 0.332. The van der Waals surface area contributed by atoms with Crippen LogP contribution in [0.25, 0.3) is 0 Å². The van der Waals surface area contributed by atoms with E-state index in [0.717, 1.165) is 7.05 Å². The highest BCUT2D eigenvalue weighted by atomic mass is 19.4. The van der Waals surface area contributed by atoms with Crippen LogP contribution in [0.3, 0.4) is 0 Å². The van der Waals surface area contributed by atoms with Gasteiger partial charge in [0.15, 0.2) is 12.1 Å². The van der Waals surface area contributed by atoms with Crippen molar-refractivity contribution in [1.29, 1.82) is 0 Å². The molecule has 2 atom stereocenters. The first-order valence-electron chi connectivity index (χ1n) is 3.58. The fraction of sp³-hybridized carbons (Fsp3) is 0.667. The molecule has 0 radical (unpaired) electrons. The second kappa shape index (κ2) is 3.03. The summed E-state index contributed by atoms with van der Waals surface area (Å²) in [5, 5.41) is 10.2. The lowest BCUT2D eigenvalue weighted by Gasteiger charge is -2.23. The maximum atomic E-state index is 12.3. The quantitative estimate of drug-likeness (QED) is 0.644. The number of halogens is 3. The van der Waals surface area contributed by atoms with Crippen molar-refractivity contribution < 1.29 is 27.9 Å². The van der Waals surface area contributed by atoms with Crippen molar-refractivity contribution in [3.05, 3.63) is 0 Å². The molecule has 0 saturated carbocycles. The highest BCUT2D eigenvalue weighted by molar-refractivity contribution is 5.87. The molecule has 5 nitrogen and oxygen atoms in total. The van der Waals surface area contributed by atoms with Gasteiger partial charge in [-0.05, 0) is 0 Å². The number of nitrogens with one attached hydrogen (secondary N) is 1. The minimum atomic E-state index is -4.75. The molecule has 2 amide bonds. The standard InChI is InChI=1S/C6H7F3N2O3/c1-11-3(6(7,8)9)2(4(12)13)10-5(11)14/h2-3H,1H3,(H,10,14)(H,12,13). The van der Waals surface area contributed by atoms with E-state index in [1.807, 2.05) is 0 Å². The van der Waals surface area contributed by atoms with Crippen molar-refractivity contribution >= 4 is 12.0 Å². The summed E-state index contributed by atoms with van der Waals surface area (Å²) in [5.41, 5.74) is 0. The molecule has 1 fully saturated rings. The van der Waals surface area contributed by atoms with Crippen molar-refractivity contribution in [2.45, 2.75) is 18.3 Å². The van der Waals surface area contributed by atoms with E-state index in [-0.39, 0.29) is 0 Å². The van der Waals surface area contributed by atoms with Crippen LogP contribution in [0.2, 0.25) is 0 Å². The Bertz CT molecular complexity index is 278. The van der Waals surface area contributed by atoms with Gasteiger partial charge in [-0.3, -0.25) is 0 Å². The summed E-state index contributed by atoms with van der Waals surface area (Å²) < 4.78 is 36.9. The van der Waals surface area contributed by atoms with Gasteiger partial charge >= 0.3 is 18.2 Å². The molecule has 1 heterocycles. The lowest BCUT2D eigenvalue weighted by Crippen LogP contribution is -2.50. The van der Waals surface area contributed by atoms with Crippen molar-refractivity contribution in [1.82, 2.24) is 10.2 Å². The van der Waals surface area contributed by atoms with Crippen molar-refractivity contribution in [3.63, 3.8) is 0 Å². The van der Waals surface area contributed by atoms with Crippen LogP contribution in [-0.4, -0.2) is 47.3 Å². The summed E-state index contributed by atoms with van der Waals surface area (Å²) in [7, 11) is 0.899. The number of likely N-dealkylation sites (N-methyl/N-ethyl adjacent to an activating group) is 1. The predicted molar refractivity (Wildman–Crippen MR) is 37.6 cm³/mol. The van der Waals surface area contributed by atoms with Crippen LogP contribution < -0.4 is 5.32 Å². The number of urea groups is 1. The Morgan fingerprint density at radius 2 is 2.07 bits per heavy atom. The van der Waals surface area contributed by atoms with Crippen LogP contribution in [0.4, 0.5) is 18.0 Å².